The molecule has 0 spiro atoms. The molecule has 1 unspecified atom stereocenters. The Balaban J connectivity index is 2.40. The number of rotatable bonds is 2. The Morgan fingerprint density at radius 3 is 3.08 bits per heavy atom. The second-order valence-corrected chi connectivity index (χ2v) is 3.40. The third-order valence-corrected chi connectivity index (χ3v) is 2.03. The van der Waals surface area contributed by atoms with Crippen molar-refractivity contribution in [3.8, 4) is 0 Å². The lowest BCUT2D eigenvalue weighted by Crippen LogP contribution is -2.32. The highest BCUT2D eigenvalue weighted by Crippen LogP contribution is 2.13. The molecule has 3 nitrogen and oxygen atoms in total. The smallest absolute Gasteiger partial charge is 0.220 e. The van der Waals surface area contributed by atoms with E-state index < -0.39 is 0 Å². The molecule has 0 saturated carbocycles. The second-order valence-electron chi connectivity index (χ2n) is 3.40. The van der Waals surface area contributed by atoms with E-state index in [1.54, 1.807) is 0 Å². The third kappa shape index (κ3) is 3.78. The van der Waals surface area contributed by atoms with E-state index >= 15 is 0 Å². The van der Waals surface area contributed by atoms with Crippen LogP contribution in [0, 0.1) is 5.92 Å². The van der Waals surface area contributed by atoms with Crippen LogP contribution >= 0.6 is 0 Å². The Morgan fingerprint density at radius 2 is 2.46 bits per heavy atom. The number of hydrogen-bond acceptors (Lipinski definition) is 2. The number of hydrogen-bond donors (Lipinski definition) is 2. The molecule has 3 N–H and O–H groups in total. The molecule has 1 aliphatic rings. The summed E-state index contributed by atoms with van der Waals surface area (Å²) in [4.78, 5) is 11.0. The molecule has 1 atom stereocenters. The zero-order chi connectivity index (χ0) is 9.68. The summed E-state index contributed by atoms with van der Waals surface area (Å²) in [5.41, 5.74) is 6.25. The number of carbonyl (C=O) groups excluding carboxylic acids is 1. The predicted octanol–water partition coefficient (Wildman–Crippen LogP) is 0.931. The first-order chi connectivity index (χ1) is 6.18. The standard InChI is InChI=1S/C10H16N2O/c1-8(11)3-2-4-9-5-6-12-10(13)7-9/h2-4,9H,5-7,11H2,1H3,(H,12,13)/b4-2+,8-3-. The van der Waals surface area contributed by atoms with Crippen molar-refractivity contribution < 1.29 is 4.79 Å². The Kier molecular flexibility index (Phi) is 3.55. The van der Waals surface area contributed by atoms with Crippen LogP contribution in [0.15, 0.2) is 23.9 Å². The van der Waals surface area contributed by atoms with Gasteiger partial charge in [-0.2, -0.15) is 0 Å². The van der Waals surface area contributed by atoms with Crippen LogP contribution in [0.1, 0.15) is 19.8 Å². The van der Waals surface area contributed by atoms with Crippen molar-refractivity contribution >= 4 is 5.91 Å². The summed E-state index contributed by atoms with van der Waals surface area (Å²) in [5, 5.41) is 2.80. The second kappa shape index (κ2) is 4.70. The van der Waals surface area contributed by atoms with Gasteiger partial charge in [-0.3, -0.25) is 4.79 Å². The van der Waals surface area contributed by atoms with Crippen LogP contribution in [-0.2, 0) is 4.79 Å². The van der Waals surface area contributed by atoms with E-state index in [2.05, 4.69) is 11.4 Å². The zero-order valence-corrected chi connectivity index (χ0v) is 7.92. The van der Waals surface area contributed by atoms with E-state index in [4.69, 9.17) is 5.73 Å². The maximum atomic E-state index is 11.0. The average Bonchev–Trinajstić information content (AvgIpc) is 2.03. The highest BCUT2D eigenvalue weighted by molar-refractivity contribution is 5.77. The van der Waals surface area contributed by atoms with E-state index in [-0.39, 0.29) is 5.91 Å². The van der Waals surface area contributed by atoms with Crippen molar-refractivity contribution in [1.29, 1.82) is 0 Å². The summed E-state index contributed by atoms with van der Waals surface area (Å²) in [7, 11) is 0. The van der Waals surface area contributed by atoms with Gasteiger partial charge < -0.3 is 11.1 Å². The van der Waals surface area contributed by atoms with Crippen molar-refractivity contribution in [3.63, 3.8) is 0 Å². The minimum Gasteiger partial charge on any atom is -0.402 e. The molecule has 1 fully saturated rings. The summed E-state index contributed by atoms with van der Waals surface area (Å²) in [5.74, 6) is 0.527. The van der Waals surface area contributed by atoms with Gasteiger partial charge >= 0.3 is 0 Å². The fraction of sp³-hybridized carbons (Fsp3) is 0.500. The van der Waals surface area contributed by atoms with Gasteiger partial charge in [0.15, 0.2) is 0 Å². The van der Waals surface area contributed by atoms with Crippen LogP contribution < -0.4 is 11.1 Å². The molecule has 3 heteroatoms. The molecule has 0 aromatic heterocycles. The largest absolute Gasteiger partial charge is 0.402 e. The molecule has 0 aromatic rings. The highest BCUT2D eigenvalue weighted by Gasteiger charge is 2.15. The van der Waals surface area contributed by atoms with Gasteiger partial charge in [0.25, 0.3) is 0 Å². The van der Waals surface area contributed by atoms with E-state index in [0.29, 0.717) is 12.3 Å². The fourth-order valence-electron chi connectivity index (χ4n) is 1.34. The van der Waals surface area contributed by atoms with Gasteiger partial charge in [-0.1, -0.05) is 12.2 Å². The molecule has 0 aromatic carbocycles. The van der Waals surface area contributed by atoms with Crippen LogP contribution in [0.25, 0.3) is 0 Å². The summed E-state index contributed by atoms with van der Waals surface area (Å²) in [6.07, 6.45) is 7.47. The topological polar surface area (TPSA) is 55.1 Å². The maximum Gasteiger partial charge on any atom is 0.220 e. The van der Waals surface area contributed by atoms with Crippen molar-refractivity contribution in [2.45, 2.75) is 19.8 Å². The van der Waals surface area contributed by atoms with E-state index in [0.717, 1.165) is 18.7 Å². The van der Waals surface area contributed by atoms with Crippen molar-refractivity contribution in [1.82, 2.24) is 5.32 Å². The molecular weight excluding hydrogens is 164 g/mol. The Labute approximate surface area is 78.7 Å². The molecule has 72 valence electrons. The molecule has 1 heterocycles. The average molecular weight is 180 g/mol. The normalized spacial score (nSPS) is 24.8. The molecule has 1 rings (SSSR count). The van der Waals surface area contributed by atoms with Gasteiger partial charge in [-0.25, -0.2) is 0 Å². The van der Waals surface area contributed by atoms with Crippen LogP contribution in [0.4, 0.5) is 0 Å². The van der Waals surface area contributed by atoms with Crippen molar-refractivity contribution in [2.24, 2.45) is 11.7 Å². The van der Waals surface area contributed by atoms with E-state index in [1.807, 2.05) is 19.1 Å². The maximum absolute atomic E-state index is 11.0. The lowest BCUT2D eigenvalue weighted by Gasteiger charge is -2.18. The van der Waals surface area contributed by atoms with Crippen LogP contribution in [0.5, 0.6) is 0 Å². The number of piperidine rings is 1. The minimum absolute atomic E-state index is 0.148. The zero-order valence-electron chi connectivity index (χ0n) is 7.92. The fourth-order valence-corrected chi connectivity index (χ4v) is 1.34. The monoisotopic (exact) mass is 180 g/mol. The molecule has 1 aliphatic heterocycles. The Hall–Kier alpha value is -1.25. The van der Waals surface area contributed by atoms with Crippen LogP contribution in [-0.4, -0.2) is 12.5 Å². The van der Waals surface area contributed by atoms with E-state index in [1.165, 1.54) is 0 Å². The summed E-state index contributed by atoms with van der Waals surface area (Å²) in [6, 6.07) is 0. The molecule has 0 radical (unpaired) electrons. The first-order valence-corrected chi connectivity index (χ1v) is 4.56. The quantitative estimate of drug-likeness (QED) is 0.621. The SMILES string of the molecule is C/C(N)=C/C=C/C1CCNC(=O)C1. The Morgan fingerprint density at radius 1 is 1.69 bits per heavy atom. The molecular formula is C10H16N2O. The number of nitrogens with one attached hydrogen (secondary N) is 1. The molecule has 0 bridgehead atoms. The van der Waals surface area contributed by atoms with Gasteiger partial charge in [-0.05, 0) is 25.3 Å². The lowest BCUT2D eigenvalue weighted by molar-refractivity contribution is -0.122. The third-order valence-electron chi connectivity index (χ3n) is 2.03. The highest BCUT2D eigenvalue weighted by atomic mass is 16.1. The minimum atomic E-state index is 0.148. The summed E-state index contributed by atoms with van der Waals surface area (Å²) in [6.45, 7) is 2.64. The number of amides is 1. The molecule has 1 saturated heterocycles. The Bertz CT molecular complexity index is 239. The molecule has 1 amide bonds. The first-order valence-electron chi connectivity index (χ1n) is 4.56. The van der Waals surface area contributed by atoms with Crippen LogP contribution in [0.2, 0.25) is 0 Å². The van der Waals surface area contributed by atoms with Gasteiger partial charge in [-0.15, -0.1) is 0 Å². The predicted molar refractivity (Wildman–Crippen MR) is 52.8 cm³/mol. The number of nitrogens with two attached hydrogens (primary N) is 1. The summed E-state index contributed by atoms with van der Waals surface area (Å²) >= 11 is 0. The van der Waals surface area contributed by atoms with Gasteiger partial charge in [0.05, 0.1) is 0 Å². The van der Waals surface area contributed by atoms with E-state index in [9.17, 15) is 4.79 Å². The molecule has 0 aliphatic carbocycles. The number of allylic oxidation sites excluding steroid dienone is 4. The van der Waals surface area contributed by atoms with Crippen molar-refractivity contribution in [3.05, 3.63) is 23.9 Å². The van der Waals surface area contributed by atoms with Crippen molar-refractivity contribution in [2.75, 3.05) is 6.54 Å². The van der Waals surface area contributed by atoms with Gasteiger partial charge in [0.2, 0.25) is 5.91 Å². The van der Waals surface area contributed by atoms with Crippen LogP contribution in [0.3, 0.4) is 0 Å². The number of carbonyl (C=O) groups is 1. The van der Waals surface area contributed by atoms with Gasteiger partial charge in [0.1, 0.15) is 0 Å². The van der Waals surface area contributed by atoms with Gasteiger partial charge in [0, 0.05) is 18.7 Å². The summed E-state index contributed by atoms with van der Waals surface area (Å²) < 4.78 is 0. The first kappa shape index (κ1) is 9.84. The molecule has 13 heavy (non-hydrogen) atoms. The lowest BCUT2D eigenvalue weighted by atomic mass is 9.97.